The summed E-state index contributed by atoms with van der Waals surface area (Å²) in [7, 11) is 0. The molecule has 0 amide bonds. The molecule has 6 heteroatoms. The molecule has 27 heavy (non-hydrogen) atoms. The molecule has 5 rings (SSSR count). The lowest BCUT2D eigenvalue weighted by Crippen LogP contribution is -3.12. The second-order valence-electron chi connectivity index (χ2n) is 7.25. The summed E-state index contributed by atoms with van der Waals surface area (Å²) in [6.45, 7) is 2.97. The van der Waals surface area contributed by atoms with E-state index in [1.165, 1.54) is 33.6 Å². The minimum atomic E-state index is -0.0113. The van der Waals surface area contributed by atoms with Crippen molar-refractivity contribution in [3.8, 4) is 0 Å². The Kier molecular flexibility index (Phi) is 4.22. The van der Waals surface area contributed by atoms with Gasteiger partial charge in [-0.05, 0) is 37.1 Å². The monoisotopic (exact) mass is 377 g/mol. The van der Waals surface area contributed by atoms with Crippen LogP contribution in [0.5, 0.6) is 0 Å². The Morgan fingerprint density at radius 2 is 2.00 bits per heavy atom. The fourth-order valence-corrected chi connectivity index (χ4v) is 5.17. The zero-order chi connectivity index (χ0) is 18.2. The van der Waals surface area contributed by atoms with Crippen molar-refractivity contribution >= 4 is 32.5 Å². The number of nitrogens with one attached hydrogen (secondary N) is 1. The van der Waals surface area contributed by atoms with Gasteiger partial charge in [-0.15, -0.1) is 11.3 Å². The Labute approximate surface area is 160 Å². The molecule has 0 saturated carbocycles. The first kappa shape index (κ1) is 16.6. The van der Waals surface area contributed by atoms with Crippen LogP contribution >= 0.6 is 11.3 Å². The molecule has 0 aliphatic carbocycles. The van der Waals surface area contributed by atoms with Crippen molar-refractivity contribution < 1.29 is 4.90 Å². The second kappa shape index (κ2) is 6.87. The van der Waals surface area contributed by atoms with E-state index in [-0.39, 0.29) is 5.43 Å². The number of nitrogens with zero attached hydrogens (tertiary/aromatic N) is 3. The third-order valence-electron chi connectivity index (χ3n) is 5.41. The molecular weight excluding hydrogens is 356 g/mol. The summed E-state index contributed by atoms with van der Waals surface area (Å²) in [5, 5.41) is 6.40. The third kappa shape index (κ3) is 3.15. The van der Waals surface area contributed by atoms with E-state index >= 15 is 0 Å². The fourth-order valence-electron chi connectivity index (χ4n) is 4.07. The first-order chi connectivity index (χ1) is 13.3. The summed E-state index contributed by atoms with van der Waals surface area (Å²) in [4.78, 5) is 18.4. The number of hydrogen-bond donors (Lipinski definition) is 1. The Balaban J connectivity index is 1.40. The maximum absolute atomic E-state index is 12.1. The normalized spacial score (nSPS) is 20.3. The van der Waals surface area contributed by atoms with Crippen LogP contribution in [0.25, 0.3) is 21.1 Å². The van der Waals surface area contributed by atoms with Crippen LogP contribution in [0.15, 0.2) is 59.5 Å². The van der Waals surface area contributed by atoms with Gasteiger partial charge >= 0.3 is 0 Å². The Morgan fingerprint density at radius 3 is 2.93 bits per heavy atom. The molecule has 5 nitrogen and oxygen atoms in total. The van der Waals surface area contributed by atoms with Gasteiger partial charge in [0.2, 0.25) is 5.43 Å². The smallest absolute Gasteiger partial charge is 0.207 e. The van der Waals surface area contributed by atoms with Gasteiger partial charge in [0.15, 0.2) is 6.67 Å². The van der Waals surface area contributed by atoms with Crippen LogP contribution in [0.1, 0.15) is 23.8 Å². The quantitative estimate of drug-likeness (QED) is 0.597. The molecule has 1 fully saturated rings. The average molecular weight is 377 g/mol. The number of fused-ring (bicyclic) bond motifs is 2. The lowest BCUT2D eigenvalue weighted by Gasteiger charge is -2.29. The summed E-state index contributed by atoms with van der Waals surface area (Å²) in [6, 6.07) is 16.1. The zero-order valence-corrected chi connectivity index (χ0v) is 15.8. The minimum absolute atomic E-state index is 0.0113. The summed E-state index contributed by atoms with van der Waals surface area (Å²) >= 11 is 1.83. The van der Waals surface area contributed by atoms with Crippen LogP contribution < -0.4 is 10.3 Å². The standard InChI is InChI=1S/C21H20N4OS/c26-19-12-22-25(18-9-3-1-7-16(18)19)14-24-11-5-6-15(13-24)21-23-17-8-2-4-10-20(17)27-21/h1-4,7-10,12,15H,5-6,11,13-14H2/p+1/t15-/m1/s1. The SMILES string of the molecule is O=c1cnn(C[NH+]2CCC[C@@H](c3nc4ccccc4s3)C2)c2ccccc12. The molecule has 0 radical (unpaired) electrons. The van der Waals surface area contributed by atoms with Crippen molar-refractivity contribution in [2.24, 2.45) is 0 Å². The lowest BCUT2D eigenvalue weighted by molar-refractivity contribution is -0.929. The van der Waals surface area contributed by atoms with Gasteiger partial charge in [0.25, 0.3) is 0 Å². The first-order valence-corrected chi connectivity index (χ1v) is 10.2. The van der Waals surface area contributed by atoms with E-state index in [1.54, 1.807) is 0 Å². The number of rotatable bonds is 3. The van der Waals surface area contributed by atoms with Crippen molar-refractivity contribution in [3.63, 3.8) is 0 Å². The van der Waals surface area contributed by atoms with Gasteiger partial charge in [-0.2, -0.15) is 5.10 Å². The van der Waals surface area contributed by atoms with Crippen LogP contribution in [0.4, 0.5) is 0 Å². The van der Waals surface area contributed by atoms with E-state index in [9.17, 15) is 4.79 Å². The van der Waals surface area contributed by atoms with Gasteiger partial charge < -0.3 is 4.90 Å². The molecule has 3 heterocycles. The molecule has 2 aromatic heterocycles. The van der Waals surface area contributed by atoms with Crippen molar-refractivity contribution in [1.29, 1.82) is 0 Å². The molecule has 1 aliphatic rings. The minimum Gasteiger partial charge on any atom is -0.316 e. The Hall–Kier alpha value is -2.57. The highest BCUT2D eigenvalue weighted by Gasteiger charge is 2.27. The zero-order valence-electron chi connectivity index (χ0n) is 15.0. The van der Waals surface area contributed by atoms with E-state index in [2.05, 4.69) is 29.4 Å². The highest BCUT2D eigenvalue weighted by atomic mass is 32.1. The molecule has 1 aliphatic heterocycles. The van der Waals surface area contributed by atoms with Gasteiger partial charge in [-0.3, -0.25) is 4.79 Å². The van der Waals surface area contributed by atoms with Gasteiger partial charge in [-0.25, -0.2) is 9.67 Å². The summed E-state index contributed by atoms with van der Waals surface area (Å²) in [5.41, 5.74) is 2.01. The van der Waals surface area contributed by atoms with Crippen LogP contribution in [-0.2, 0) is 6.67 Å². The molecule has 0 spiro atoms. The summed E-state index contributed by atoms with van der Waals surface area (Å²) in [6.07, 6.45) is 3.83. The summed E-state index contributed by atoms with van der Waals surface area (Å²) < 4.78 is 3.25. The van der Waals surface area contributed by atoms with Gasteiger partial charge in [0.1, 0.15) is 5.01 Å². The number of quaternary nitrogens is 1. The maximum atomic E-state index is 12.1. The topological polar surface area (TPSA) is 52.2 Å². The fraction of sp³-hybridized carbons (Fsp3) is 0.286. The predicted molar refractivity (Wildman–Crippen MR) is 108 cm³/mol. The molecule has 1 saturated heterocycles. The first-order valence-electron chi connectivity index (χ1n) is 9.42. The molecule has 1 N–H and O–H groups in total. The molecular formula is C21H21N4OS+. The van der Waals surface area contributed by atoms with E-state index in [4.69, 9.17) is 4.98 Å². The van der Waals surface area contributed by atoms with Crippen LogP contribution in [0, 0.1) is 0 Å². The van der Waals surface area contributed by atoms with Gasteiger partial charge in [-0.1, -0.05) is 24.3 Å². The van der Waals surface area contributed by atoms with Gasteiger partial charge in [0, 0.05) is 5.39 Å². The molecule has 2 atom stereocenters. The number of benzene rings is 2. The van der Waals surface area contributed by atoms with Crippen LogP contribution in [0.3, 0.4) is 0 Å². The van der Waals surface area contributed by atoms with E-state index < -0.39 is 0 Å². The highest BCUT2D eigenvalue weighted by Crippen LogP contribution is 2.30. The number of piperidine rings is 1. The summed E-state index contributed by atoms with van der Waals surface area (Å²) in [5.74, 6) is 0.497. The number of para-hydroxylation sites is 2. The lowest BCUT2D eigenvalue weighted by atomic mass is 9.99. The van der Waals surface area contributed by atoms with E-state index in [1.807, 2.05) is 40.3 Å². The number of aromatic nitrogens is 3. The van der Waals surface area contributed by atoms with Crippen LogP contribution in [0.2, 0.25) is 0 Å². The number of hydrogen-bond acceptors (Lipinski definition) is 4. The number of likely N-dealkylation sites (tertiary alicyclic amines) is 1. The Bertz CT molecular complexity index is 1130. The molecule has 1 unspecified atom stereocenters. The third-order valence-corrected chi connectivity index (χ3v) is 6.61. The van der Waals surface area contributed by atoms with E-state index in [0.29, 0.717) is 5.92 Å². The largest absolute Gasteiger partial charge is 0.316 e. The molecule has 136 valence electrons. The number of thiazole rings is 1. The molecule has 2 aromatic carbocycles. The van der Waals surface area contributed by atoms with Crippen molar-refractivity contribution in [2.45, 2.75) is 25.4 Å². The van der Waals surface area contributed by atoms with Crippen molar-refractivity contribution in [1.82, 2.24) is 14.8 Å². The van der Waals surface area contributed by atoms with Crippen LogP contribution in [-0.4, -0.2) is 27.9 Å². The maximum Gasteiger partial charge on any atom is 0.207 e. The second-order valence-corrected chi connectivity index (χ2v) is 8.31. The van der Waals surface area contributed by atoms with E-state index in [0.717, 1.165) is 36.2 Å². The van der Waals surface area contributed by atoms with Gasteiger partial charge in [0.05, 0.1) is 40.9 Å². The Morgan fingerprint density at radius 1 is 1.15 bits per heavy atom. The van der Waals surface area contributed by atoms with Crippen molar-refractivity contribution in [2.75, 3.05) is 13.1 Å². The van der Waals surface area contributed by atoms with Crippen molar-refractivity contribution in [3.05, 3.63) is 70.0 Å². The molecule has 0 bridgehead atoms. The highest BCUT2D eigenvalue weighted by molar-refractivity contribution is 7.18. The molecule has 4 aromatic rings. The predicted octanol–water partition coefficient (Wildman–Crippen LogP) is 2.43. The average Bonchev–Trinajstić information content (AvgIpc) is 3.15.